The van der Waals surface area contributed by atoms with Gasteiger partial charge in [-0.1, -0.05) is 48.5 Å². The largest absolute Gasteiger partial charge is 0.454 e. The lowest BCUT2D eigenvalue weighted by Gasteiger charge is -2.30. The van der Waals surface area contributed by atoms with Crippen molar-refractivity contribution in [2.75, 3.05) is 9.80 Å². The van der Waals surface area contributed by atoms with Gasteiger partial charge in [-0.15, -0.1) is 0 Å². The standard InChI is InChI=1S/C25H20N4O/c1-16-12-13-20-19-10-6-7-11-21(19)30-23(20)22(16)29-17(2)28(18-8-4-3-5-9-18)24-25(29)27-15-14-26-24/h3-15,17H,1-2H3/t17-/m0/s1. The molecule has 0 saturated carbocycles. The Morgan fingerprint density at radius 2 is 1.47 bits per heavy atom. The van der Waals surface area contributed by atoms with Gasteiger partial charge in [0.1, 0.15) is 11.7 Å². The van der Waals surface area contributed by atoms with Crippen LogP contribution in [0.2, 0.25) is 0 Å². The van der Waals surface area contributed by atoms with E-state index in [2.05, 4.69) is 59.0 Å². The molecular weight excluding hydrogens is 372 g/mol. The van der Waals surface area contributed by atoms with Gasteiger partial charge >= 0.3 is 0 Å². The molecule has 0 fully saturated rings. The van der Waals surface area contributed by atoms with Gasteiger partial charge in [0.25, 0.3) is 0 Å². The zero-order chi connectivity index (χ0) is 20.2. The molecule has 0 amide bonds. The zero-order valence-corrected chi connectivity index (χ0v) is 16.8. The second-order valence-electron chi connectivity index (χ2n) is 7.62. The van der Waals surface area contributed by atoms with Gasteiger partial charge in [0.05, 0.1) is 5.69 Å². The summed E-state index contributed by atoms with van der Waals surface area (Å²) in [6.07, 6.45) is 3.49. The fourth-order valence-electron chi connectivity index (χ4n) is 4.52. The number of para-hydroxylation sites is 2. The van der Waals surface area contributed by atoms with Crippen LogP contribution in [0.1, 0.15) is 12.5 Å². The van der Waals surface area contributed by atoms with Gasteiger partial charge in [-0.2, -0.15) is 0 Å². The maximum atomic E-state index is 6.37. The van der Waals surface area contributed by atoms with E-state index < -0.39 is 0 Å². The minimum atomic E-state index is -0.0117. The number of aromatic nitrogens is 2. The summed E-state index contributed by atoms with van der Waals surface area (Å²) in [6.45, 7) is 4.30. The minimum Gasteiger partial charge on any atom is -0.454 e. The summed E-state index contributed by atoms with van der Waals surface area (Å²) >= 11 is 0. The average molecular weight is 392 g/mol. The molecule has 6 rings (SSSR count). The molecular formula is C25H20N4O. The monoisotopic (exact) mass is 392 g/mol. The second-order valence-corrected chi connectivity index (χ2v) is 7.62. The summed E-state index contributed by atoms with van der Waals surface area (Å²) in [7, 11) is 0. The molecule has 3 heterocycles. The number of fused-ring (bicyclic) bond motifs is 4. The van der Waals surface area contributed by atoms with Crippen molar-refractivity contribution in [1.29, 1.82) is 0 Å². The Kier molecular flexibility index (Phi) is 3.59. The number of furan rings is 1. The van der Waals surface area contributed by atoms with Gasteiger partial charge in [0, 0.05) is 28.9 Å². The van der Waals surface area contributed by atoms with Crippen molar-refractivity contribution in [2.45, 2.75) is 20.0 Å². The molecule has 5 nitrogen and oxygen atoms in total. The van der Waals surface area contributed by atoms with Crippen LogP contribution in [0.25, 0.3) is 21.9 Å². The van der Waals surface area contributed by atoms with E-state index in [4.69, 9.17) is 9.40 Å². The number of anilines is 4. The Morgan fingerprint density at radius 1 is 0.767 bits per heavy atom. The molecule has 0 bridgehead atoms. The van der Waals surface area contributed by atoms with E-state index in [-0.39, 0.29) is 6.17 Å². The normalized spacial score (nSPS) is 15.9. The SMILES string of the molecule is Cc1ccc2c(oc3ccccc32)c1N1c2nccnc2N(c2ccccc2)[C@@H]1C. The molecule has 30 heavy (non-hydrogen) atoms. The summed E-state index contributed by atoms with van der Waals surface area (Å²) in [5.41, 5.74) is 5.04. The van der Waals surface area contributed by atoms with E-state index in [9.17, 15) is 0 Å². The number of hydrogen-bond donors (Lipinski definition) is 0. The van der Waals surface area contributed by atoms with E-state index >= 15 is 0 Å². The van der Waals surface area contributed by atoms with Crippen LogP contribution in [0.4, 0.5) is 23.0 Å². The fraction of sp³-hybridized carbons (Fsp3) is 0.120. The molecule has 2 aromatic heterocycles. The van der Waals surface area contributed by atoms with Crippen molar-refractivity contribution in [3.05, 3.63) is 84.7 Å². The molecule has 1 atom stereocenters. The first-order valence-electron chi connectivity index (χ1n) is 10.1. The maximum absolute atomic E-state index is 6.37. The molecule has 0 radical (unpaired) electrons. The zero-order valence-electron chi connectivity index (χ0n) is 16.8. The van der Waals surface area contributed by atoms with Crippen LogP contribution in [0.5, 0.6) is 0 Å². The second kappa shape index (κ2) is 6.32. The third-order valence-electron chi connectivity index (χ3n) is 5.86. The Labute approximate surface area is 174 Å². The molecule has 3 aromatic carbocycles. The minimum absolute atomic E-state index is 0.0117. The van der Waals surface area contributed by atoms with Crippen LogP contribution in [0.15, 0.2) is 83.5 Å². The Bertz CT molecular complexity index is 1390. The van der Waals surface area contributed by atoms with Crippen LogP contribution in [0.3, 0.4) is 0 Å². The highest BCUT2D eigenvalue weighted by Gasteiger charge is 2.39. The summed E-state index contributed by atoms with van der Waals surface area (Å²) in [6, 6.07) is 22.8. The van der Waals surface area contributed by atoms with Crippen molar-refractivity contribution < 1.29 is 4.42 Å². The van der Waals surface area contributed by atoms with E-state index in [1.165, 1.54) is 0 Å². The predicted molar refractivity (Wildman–Crippen MR) is 121 cm³/mol. The Hall–Kier alpha value is -3.86. The summed E-state index contributed by atoms with van der Waals surface area (Å²) in [5, 5.41) is 2.24. The lowest BCUT2D eigenvalue weighted by atomic mass is 10.1. The van der Waals surface area contributed by atoms with E-state index in [1.807, 2.05) is 36.4 Å². The molecule has 1 aliphatic rings. The van der Waals surface area contributed by atoms with Gasteiger partial charge < -0.3 is 9.32 Å². The number of nitrogens with zero attached hydrogens (tertiary/aromatic N) is 4. The van der Waals surface area contributed by atoms with Crippen molar-refractivity contribution in [2.24, 2.45) is 0 Å². The smallest absolute Gasteiger partial charge is 0.178 e. The molecule has 5 heteroatoms. The van der Waals surface area contributed by atoms with Crippen LogP contribution in [-0.2, 0) is 0 Å². The molecule has 0 N–H and O–H groups in total. The molecule has 0 unspecified atom stereocenters. The first kappa shape index (κ1) is 17.0. The number of hydrogen-bond acceptors (Lipinski definition) is 5. The highest BCUT2D eigenvalue weighted by atomic mass is 16.3. The number of aryl methyl sites for hydroxylation is 1. The number of benzene rings is 3. The van der Waals surface area contributed by atoms with Gasteiger partial charge in [-0.05, 0) is 37.6 Å². The van der Waals surface area contributed by atoms with E-state index in [1.54, 1.807) is 12.4 Å². The summed E-state index contributed by atoms with van der Waals surface area (Å²) in [4.78, 5) is 13.9. The fourth-order valence-corrected chi connectivity index (χ4v) is 4.52. The third kappa shape index (κ3) is 2.29. The highest BCUT2D eigenvalue weighted by molar-refractivity contribution is 6.10. The summed E-state index contributed by atoms with van der Waals surface area (Å²) in [5.74, 6) is 1.69. The van der Waals surface area contributed by atoms with Gasteiger partial charge in [0.2, 0.25) is 0 Å². The average Bonchev–Trinajstić information content (AvgIpc) is 3.29. The highest BCUT2D eigenvalue weighted by Crippen LogP contribution is 2.48. The third-order valence-corrected chi connectivity index (χ3v) is 5.86. The predicted octanol–water partition coefficient (Wildman–Crippen LogP) is 6.32. The lowest BCUT2D eigenvalue weighted by molar-refractivity contribution is 0.662. The Balaban J connectivity index is 1.63. The first-order valence-corrected chi connectivity index (χ1v) is 10.1. The topological polar surface area (TPSA) is 45.4 Å². The molecule has 0 aliphatic carbocycles. The van der Waals surface area contributed by atoms with E-state index in [0.29, 0.717) is 0 Å². The van der Waals surface area contributed by atoms with Crippen LogP contribution < -0.4 is 9.80 Å². The van der Waals surface area contributed by atoms with Crippen molar-refractivity contribution in [3.8, 4) is 0 Å². The van der Waals surface area contributed by atoms with E-state index in [0.717, 1.165) is 50.5 Å². The van der Waals surface area contributed by atoms with Crippen LogP contribution in [-0.4, -0.2) is 16.1 Å². The maximum Gasteiger partial charge on any atom is 0.178 e. The van der Waals surface area contributed by atoms with Gasteiger partial charge in [-0.25, -0.2) is 9.97 Å². The van der Waals surface area contributed by atoms with Crippen molar-refractivity contribution >= 4 is 44.9 Å². The molecule has 1 aliphatic heterocycles. The van der Waals surface area contributed by atoms with Gasteiger partial charge in [-0.3, -0.25) is 4.90 Å². The Morgan fingerprint density at radius 3 is 2.27 bits per heavy atom. The van der Waals surface area contributed by atoms with Gasteiger partial charge in [0.15, 0.2) is 17.2 Å². The molecule has 146 valence electrons. The van der Waals surface area contributed by atoms with Crippen molar-refractivity contribution in [3.63, 3.8) is 0 Å². The molecule has 0 saturated heterocycles. The van der Waals surface area contributed by atoms with Crippen molar-refractivity contribution in [1.82, 2.24) is 9.97 Å². The molecule has 0 spiro atoms. The quantitative estimate of drug-likeness (QED) is 0.352. The van der Waals surface area contributed by atoms with Crippen LogP contribution >= 0.6 is 0 Å². The van der Waals surface area contributed by atoms with Crippen LogP contribution in [0, 0.1) is 6.92 Å². The first-order chi connectivity index (χ1) is 14.7. The number of rotatable bonds is 2. The molecule has 5 aromatic rings. The summed E-state index contributed by atoms with van der Waals surface area (Å²) < 4.78 is 6.37. The lowest BCUT2D eigenvalue weighted by Crippen LogP contribution is -2.36.